The summed E-state index contributed by atoms with van der Waals surface area (Å²) >= 11 is 0. The van der Waals surface area contributed by atoms with E-state index in [4.69, 9.17) is 11.1 Å². The number of nitrogens with one attached hydrogen (secondary N) is 1. The average molecular weight is 170 g/mol. The minimum atomic E-state index is 0.185. The molecule has 4 nitrogen and oxygen atoms in total. The highest BCUT2D eigenvalue weighted by molar-refractivity contribution is 5.74. The van der Waals surface area contributed by atoms with Crippen LogP contribution in [0.25, 0.3) is 0 Å². The molecule has 1 saturated heterocycles. The van der Waals surface area contributed by atoms with Crippen molar-refractivity contribution in [3.8, 4) is 0 Å². The number of rotatable bonds is 1. The zero-order valence-electron chi connectivity index (χ0n) is 7.88. The first-order valence-electron chi connectivity index (χ1n) is 4.36. The Hall–Kier alpha value is -0.770. The first kappa shape index (κ1) is 9.32. The lowest BCUT2D eigenvalue weighted by atomic mass is 10.0. The Morgan fingerprint density at radius 2 is 2.00 bits per heavy atom. The van der Waals surface area contributed by atoms with Gasteiger partial charge < -0.3 is 15.5 Å². The molecule has 70 valence electrons. The lowest BCUT2D eigenvalue weighted by molar-refractivity contribution is 0.191. The fourth-order valence-electron chi connectivity index (χ4n) is 1.58. The molecule has 0 amide bonds. The molecule has 0 radical (unpaired) electrons. The van der Waals surface area contributed by atoms with Crippen LogP contribution in [0.1, 0.15) is 12.8 Å². The first-order chi connectivity index (χ1) is 5.61. The SMILES string of the molecule is CN1CCC(N(C)C(=N)N)CC1. The fourth-order valence-corrected chi connectivity index (χ4v) is 1.58. The molecule has 0 aromatic heterocycles. The normalized spacial score (nSPS) is 20.8. The predicted octanol–water partition coefficient (Wildman–Crippen LogP) is -0.0941. The summed E-state index contributed by atoms with van der Waals surface area (Å²) in [6, 6.07) is 0.471. The van der Waals surface area contributed by atoms with Gasteiger partial charge in [0, 0.05) is 13.1 Å². The number of hydrogen-bond acceptors (Lipinski definition) is 2. The van der Waals surface area contributed by atoms with Crippen molar-refractivity contribution in [1.82, 2.24) is 9.80 Å². The molecular weight excluding hydrogens is 152 g/mol. The standard InChI is InChI=1S/C8H18N4/c1-11-5-3-7(4-6-11)12(2)8(9)10/h7H,3-6H2,1-2H3,(H3,9,10). The van der Waals surface area contributed by atoms with E-state index in [1.54, 1.807) is 0 Å². The van der Waals surface area contributed by atoms with Gasteiger partial charge in [-0.25, -0.2) is 0 Å². The van der Waals surface area contributed by atoms with Gasteiger partial charge in [0.2, 0.25) is 0 Å². The summed E-state index contributed by atoms with van der Waals surface area (Å²) in [5.41, 5.74) is 5.40. The van der Waals surface area contributed by atoms with Crippen molar-refractivity contribution in [3.63, 3.8) is 0 Å². The minimum absolute atomic E-state index is 0.185. The minimum Gasteiger partial charge on any atom is -0.370 e. The maximum absolute atomic E-state index is 7.28. The van der Waals surface area contributed by atoms with E-state index in [-0.39, 0.29) is 5.96 Å². The van der Waals surface area contributed by atoms with E-state index in [1.165, 1.54) is 0 Å². The molecular formula is C8H18N4. The van der Waals surface area contributed by atoms with Crippen LogP contribution in [-0.4, -0.2) is 49.0 Å². The third-order valence-electron chi connectivity index (χ3n) is 2.62. The maximum Gasteiger partial charge on any atom is 0.188 e. The highest BCUT2D eigenvalue weighted by Gasteiger charge is 2.20. The molecule has 0 bridgehead atoms. The van der Waals surface area contributed by atoms with Crippen LogP contribution in [-0.2, 0) is 0 Å². The molecule has 0 saturated carbocycles. The van der Waals surface area contributed by atoms with Crippen molar-refractivity contribution in [2.45, 2.75) is 18.9 Å². The predicted molar refractivity (Wildman–Crippen MR) is 50.2 cm³/mol. The van der Waals surface area contributed by atoms with Gasteiger partial charge in [0.1, 0.15) is 0 Å². The Kier molecular flexibility index (Phi) is 2.92. The number of nitrogens with zero attached hydrogens (tertiary/aromatic N) is 2. The Balaban J connectivity index is 2.39. The summed E-state index contributed by atoms with van der Waals surface area (Å²) in [5, 5.41) is 7.28. The molecule has 4 heteroatoms. The molecule has 0 aliphatic carbocycles. The second-order valence-corrected chi connectivity index (χ2v) is 3.53. The van der Waals surface area contributed by atoms with Gasteiger partial charge in [0.15, 0.2) is 5.96 Å². The van der Waals surface area contributed by atoms with Gasteiger partial charge in [-0.1, -0.05) is 0 Å². The lowest BCUT2D eigenvalue weighted by Gasteiger charge is -2.35. The molecule has 1 fully saturated rings. The summed E-state index contributed by atoms with van der Waals surface area (Å²) in [6.45, 7) is 2.23. The number of hydrogen-bond donors (Lipinski definition) is 2. The van der Waals surface area contributed by atoms with Gasteiger partial charge in [-0.15, -0.1) is 0 Å². The van der Waals surface area contributed by atoms with Gasteiger partial charge in [-0.05, 0) is 33.0 Å². The molecule has 0 unspecified atom stereocenters. The largest absolute Gasteiger partial charge is 0.370 e. The number of guanidine groups is 1. The molecule has 1 aliphatic rings. The van der Waals surface area contributed by atoms with Crippen molar-refractivity contribution in [2.75, 3.05) is 27.2 Å². The van der Waals surface area contributed by atoms with Crippen LogP contribution >= 0.6 is 0 Å². The third kappa shape index (κ3) is 2.11. The summed E-state index contributed by atoms with van der Waals surface area (Å²) in [7, 11) is 4.03. The molecule has 1 heterocycles. The van der Waals surface area contributed by atoms with Crippen molar-refractivity contribution in [2.24, 2.45) is 5.73 Å². The van der Waals surface area contributed by atoms with Crippen LogP contribution in [0.15, 0.2) is 0 Å². The Bertz CT molecular complexity index is 160. The van der Waals surface area contributed by atoms with Gasteiger partial charge in [-0.3, -0.25) is 5.41 Å². The molecule has 3 N–H and O–H groups in total. The third-order valence-corrected chi connectivity index (χ3v) is 2.62. The average Bonchev–Trinajstić information content (AvgIpc) is 2.04. The van der Waals surface area contributed by atoms with E-state index in [2.05, 4.69) is 11.9 Å². The second-order valence-electron chi connectivity index (χ2n) is 3.53. The summed E-state index contributed by atoms with van der Waals surface area (Å²) in [4.78, 5) is 4.18. The number of nitrogens with two attached hydrogens (primary N) is 1. The monoisotopic (exact) mass is 170 g/mol. The highest BCUT2D eigenvalue weighted by atomic mass is 15.2. The molecule has 0 aromatic rings. The second kappa shape index (κ2) is 3.76. The van der Waals surface area contributed by atoms with Gasteiger partial charge >= 0.3 is 0 Å². The molecule has 1 rings (SSSR count). The van der Waals surface area contributed by atoms with Crippen molar-refractivity contribution in [1.29, 1.82) is 5.41 Å². The summed E-state index contributed by atoms with van der Waals surface area (Å²) in [5.74, 6) is 0.185. The van der Waals surface area contributed by atoms with E-state index in [1.807, 2.05) is 11.9 Å². The van der Waals surface area contributed by atoms with E-state index < -0.39 is 0 Å². The maximum atomic E-state index is 7.28. The zero-order valence-corrected chi connectivity index (χ0v) is 7.88. The lowest BCUT2D eigenvalue weighted by Crippen LogP contribution is -2.46. The first-order valence-corrected chi connectivity index (χ1v) is 4.36. The Morgan fingerprint density at radius 3 is 2.42 bits per heavy atom. The van der Waals surface area contributed by atoms with Gasteiger partial charge in [-0.2, -0.15) is 0 Å². The van der Waals surface area contributed by atoms with Crippen LogP contribution < -0.4 is 5.73 Å². The van der Waals surface area contributed by atoms with Gasteiger partial charge in [0.25, 0.3) is 0 Å². The molecule has 0 spiro atoms. The summed E-state index contributed by atoms with van der Waals surface area (Å²) in [6.07, 6.45) is 2.24. The quantitative estimate of drug-likeness (QED) is 0.427. The molecule has 0 atom stereocenters. The van der Waals surface area contributed by atoms with Crippen LogP contribution in [0.5, 0.6) is 0 Å². The van der Waals surface area contributed by atoms with E-state index in [0.717, 1.165) is 25.9 Å². The van der Waals surface area contributed by atoms with Crippen LogP contribution in [0.2, 0.25) is 0 Å². The van der Waals surface area contributed by atoms with Crippen LogP contribution in [0.4, 0.5) is 0 Å². The van der Waals surface area contributed by atoms with Crippen molar-refractivity contribution >= 4 is 5.96 Å². The van der Waals surface area contributed by atoms with E-state index in [9.17, 15) is 0 Å². The zero-order chi connectivity index (χ0) is 9.14. The van der Waals surface area contributed by atoms with Crippen LogP contribution in [0.3, 0.4) is 0 Å². The molecule has 0 aromatic carbocycles. The Morgan fingerprint density at radius 1 is 1.50 bits per heavy atom. The molecule has 1 aliphatic heterocycles. The highest BCUT2D eigenvalue weighted by Crippen LogP contribution is 2.12. The summed E-state index contributed by atoms with van der Waals surface area (Å²) < 4.78 is 0. The van der Waals surface area contributed by atoms with Crippen molar-refractivity contribution < 1.29 is 0 Å². The topological polar surface area (TPSA) is 56.4 Å². The Labute approximate surface area is 73.8 Å². The number of piperidine rings is 1. The van der Waals surface area contributed by atoms with Gasteiger partial charge in [0.05, 0.1) is 0 Å². The molecule has 12 heavy (non-hydrogen) atoms. The number of likely N-dealkylation sites (tertiary alicyclic amines) is 1. The van der Waals surface area contributed by atoms with E-state index in [0.29, 0.717) is 6.04 Å². The fraction of sp³-hybridized carbons (Fsp3) is 0.875. The van der Waals surface area contributed by atoms with Crippen LogP contribution in [0, 0.1) is 5.41 Å². The van der Waals surface area contributed by atoms with Crippen molar-refractivity contribution in [3.05, 3.63) is 0 Å². The smallest absolute Gasteiger partial charge is 0.188 e. The van der Waals surface area contributed by atoms with E-state index >= 15 is 0 Å².